The number of carboxylic acids is 1. The molecule has 1 rings (SSSR count). The normalized spacial score (nSPS) is 11.8. The molecule has 0 amide bonds. The molecule has 0 unspecified atom stereocenters. The third kappa shape index (κ3) is 6.43. The molecule has 0 radical (unpaired) electrons. The molecule has 0 saturated carbocycles. The van der Waals surface area contributed by atoms with Crippen molar-refractivity contribution in [3.05, 3.63) is 5.82 Å². The van der Waals surface area contributed by atoms with Crippen molar-refractivity contribution < 1.29 is 27.8 Å². The molecule has 108 valence electrons. The Kier molecular flexibility index (Phi) is 5.60. The van der Waals surface area contributed by atoms with Gasteiger partial charge in [-0.2, -0.15) is 18.3 Å². The summed E-state index contributed by atoms with van der Waals surface area (Å²) in [6, 6.07) is 0. The summed E-state index contributed by atoms with van der Waals surface area (Å²) in [6.07, 6.45) is -4.21. The minimum atomic E-state index is -4.35. The minimum absolute atomic E-state index is 0.136. The number of halogens is 3. The Balaban J connectivity index is 2.39. The lowest BCUT2D eigenvalue weighted by Crippen LogP contribution is -2.18. The van der Waals surface area contributed by atoms with Crippen molar-refractivity contribution in [1.29, 1.82) is 0 Å². The molecular formula is C9H12F3N3O3S. The number of carbonyl (C=O) groups is 1. The van der Waals surface area contributed by atoms with Crippen molar-refractivity contribution in [3.63, 3.8) is 0 Å². The predicted molar refractivity (Wildman–Crippen MR) is 59.9 cm³/mol. The van der Waals surface area contributed by atoms with E-state index in [0.29, 0.717) is 11.0 Å². The Morgan fingerprint density at radius 2 is 2.21 bits per heavy atom. The number of ether oxygens (including phenoxy) is 1. The predicted octanol–water partition coefficient (Wildman–Crippen LogP) is 1.11. The number of rotatable bonds is 7. The van der Waals surface area contributed by atoms with E-state index in [0.717, 1.165) is 11.8 Å². The molecule has 0 bridgehead atoms. The number of thioether (sulfide) groups is 1. The highest BCUT2D eigenvalue weighted by Crippen LogP contribution is 2.16. The summed E-state index contributed by atoms with van der Waals surface area (Å²) in [5.41, 5.74) is 0. The van der Waals surface area contributed by atoms with E-state index in [9.17, 15) is 18.0 Å². The van der Waals surface area contributed by atoms with Crippen molar-refractivity contribution in [2.75, 3.05) is 19.0 Å². The van der Waals surface area contributed by atoms with Crippen LogP contribution in [0.2, 0.25) is 0 Å². The molecule has 0 atom stereocenters. The number of aliphatic carboxylic acids is 1. The van der Waals surface area contributed by atoms with E-state index in [1.165, 1.54) is 4.68 Å². The number of aromatic nitrogens is 3. The van der Waals surface area contributed by atoms with Gasteiger partial charge in [-0.15, -0.1) is 0 Å². The van der Waals surface area contributed by atoms with E-state index in [-0.39, 0.29) is 18.8 Å². The quantitative estimate of drug-likeness (QED) is 0.600. The Morgan fingerprint density at radius 1 is 1.53 bits per heavy atom. The molecule has 1 aromatic heterocycles. The molecule has 1 aromatic rings. The van der Waals surface area contributed by atoms with Crippen LogP contribution < -0.4 is 0 Å². The summed E-state index contributed by atoms with van der Waals surface area (Å²) < 4.78 is 41.2. The zero-order valence-electron chi connectivity index (χ0n) is 9.98. The maximum atomic E-state index is 11.8. The van der Waals surface area contributed by atoms with Crippen LogP contribution in [0.25, 0.3) is 0 Å². The SMILES string of the molecule is Cn1nc(CCOCC(F)(F)F)nc1SCC(=O)O. The monoisotopic (exact) mass is 299 g/mol. The Bertz CT molecular complexity index is 436. The molecule has 0 saturated heterocycles. The Morgan fingerprint density at radius 3 is 2.79 bits per heavy atom. The van der Waals surface area contributed by atoms with E-state index in [1.807, 2.05) is 0 Å². The number of hydrogen-bond acceptors (Lipinski definition) is 5. The van der Waals surface area contributed by atoms with Gasteiger partial charge in [0.1, 0.15) is 6.61 Å². The molecular weight excluding hydrogens is 287 g/mol. The molecule has 0 aromatic carbocycles. The van der Waals surface area contributed by atoms with Gasteiger partial charge in [-0.05, 0) is 0 Å². The number of hydrogen-bond donors (Lipinski definition) is 1. The van der Waals surface area contributed by atoms with Crippen LogP contribution in [0, 0.1) is 0 Å². The van der Waals surface area contributed by atoms with Crippen molar-refractivity contribution >= 4 is 17.7 Å². The van der Waals surface area contributed by atoms with Crippen molar-refractivity contribution in [1.82, 2.24) is 14.8 Å². The van der Waals surface area contributed by atoms with Gasteiger partial charge in [0.2, 0.25) is 0 Å². The number of nitrogens with zero attached hydrogens (tertiary/aromatic N) is 3. The van der Waals surface area contributed by atoms with Gasteiger partial charge in [0.05, 0.1) is 12.4 Å². The van der Waals surface area contributed by atoms with E-state index in [2.05, 4.69) is 14.8 Å². The van der Waals surface area contributed by atoms with Gasteiger partial charge in [-0.25, -0.2) is 9.67 Å². The molecule has 6 nitrogen and oxygen atoms in total. The molecule has 0 fully saturated rings. The standard InChI is InChI=1S/C9H12F3N3O3S/c1-15-8(19-4-7(16)17)13-6(14-15)2-3-18-5-9(10,11)12/h2-5H2,1H3,(H,16,17). The first kappa shape index (κ1) is 15.8. The first-order valence-corrected chi connectivity index (χ1v) is 6.15. The fourth-order valence-electron chi connectivity index (χ4n) is 1.13. The van der Waals surface area contributed by atoms with Gasteiger partial charge < -0.3 is 9.84 Å². The molecule has 1 N–H and O–H groups in total. The van der Waals surface area contributed by atoms with Crippen LogP contribution in [-0.4, -0.2) is 51.0 Å². The Labute approximate surface area is 111 Å². The lowest BCUT2D eigenvalue weighted by Gasteiger charge is -2.05. The second-order valence-electron chi connectivity index (χ2n) is 3.53. The topological polar surface area (TPSA) is 77.2 Å². The van der Waals surface area contributed by atoms with Gasteiger partial charge in [0, 0.05) is 13.5 Å². The van der Waals surface area contributed by atoms with Crippen LogP contribution in [0.4, 0.5) is 13.2 Å². The van der Waals surface area contributed by atoms with Crippen LogP contribution in [0.3, 0.4) is 0 Å². The summed E-state index contributed by atoms with van der Waals surface area (Å²) in [6.45, 7) is -1.45. The van der Waals surface area contributed by atoms with Gasteiger partial charge in [-0.1, -0.05) is 11.8 Å². The second-order valence-corrected chi connectivity index (χ2v) is 4.48. The van der Waals surface area contributed by atoms with Gasteiger partial charge in [0.15, 0.2) is 11.0 Å². The smallest absolute Gasteiger partial charge is 0.411 e. The molecule has 19 heavy (non-hydrogen) atoms. The number of alkyl halides is 3. The van der Waals surface area contributed by atoms with Crippen molar-refractivity contribution in [2.24, 2.45) is 7.05 Å². The van der Waals surface area contributed by atoms with Crippen LogP contribution >= 0.6 is 11.8 Å². The average molecular weight is 299 g/mol. The van der Waals surface area contributed by atoms with E-state index in [4.69, 9.17) is 5.11 Å². The average Bonchev–Trinajstić information content (AvgIpc) is 2.61. The lowest BCUT2D eigenvalue weighted by atomic mass is 10.4. The molecule has 10 heteroatoms. The van der Waals surface area contributed by atoms with E-state index in [1.54, 1.807) is 7.05 Å². The van der Waals surface area contributed by atoms with E-state index < -0.39 is 18.8 Å². The molecule has 0 aliphatic carbocycles. The first-order valence-electron chi connectivity index (χ1n) is 5.17. The van der Waals surface area contributed by atoms with Gasteiger partial charge in [0.25, 0.3) is 0 Å². The molecule has 1 heterocycles. The maximum absolute atomic E-state index is 11.8. The largest absolute Gasteiger partial charge is 0.481 e. The van der Waals surface area contributed by atoms with Crippen molar-refractivity contribution in [2.45, 2.75) is 17.8 Å². The summed E-state index contributed by atoms with van der Waals surface area (Å²) >= 11 is 0.988. The fraction of sp³-hybridized carbons (Fsp3) is 0.667. The zero-order chi connectivity index (χ0) is 14.5. The highest BCUT2D eigenvalue weighted by Gasteiger charge is 2.27. The maximum Gasteiger partial charge on any atom is 0.411 e. The van der Waals surface area contributed by atoms with Gasteiger partial charge >= 0.3 is 12.1 Å². The number of aryl methyl sites for hydroxylation is 1. The third-order valence-corrected chi connectivity index (χ3v) is 2.83. The highest BCUT2D eigenvalue weighted by atomic mass is 32.2. The highest BCUT2D eigenvalue weighted by molar-refractivity contribution is 7.99. The zero-order valence-corrected chi connectivity index (χ0v) is 10.8. The molecule has 0 spiro atoms. The van der Waals surface area contributed by atoms with Crippen LogP contribution in [0.5, 0.6) is 0 Å². The number of carboxylic acid groups (broad SMARTS) is 1. The van der Waals surface area contributed by atoms with Crippen LogP contribution in [0.15, 0.2) is 5.16 Å². The second kappa shape index (κ2) is 6.75. The fourth-order valence-corrected chi connectivity index (χ4v) is 1.78. The summed E-state index contributed by atoms with van der Waals surface area (Å²) in [5, 5.41) is 12.9. The van der Waals surface area contributed by atoms with Crippen molar-refractivity contribution in [3.8, 4) is 0 Å². The third-order valence-electron chi connectivity index (χ3n) is 1.83. The summed E-state index contributed by atoms with van der Waals surface area (Å²) in [5.74, 6) is -0.822. The summed E-state index contributed by atoms with van der Waals surface area (Å²) in [4.78, 5) is 14.4. The minimum Gasteiger partial charge on any atom is -0.481 e. The summed E-state index contributed by atoms with van der Waals surface area (Å²) in [7, 11) is 1.58. The Hall–Kier alpha value is -1.29. The molecule has 0 aliphatic heterocycles. The van der Waals surface area contributed by atoms with Gasteiger partial charge in [-0.3, -0.25) is 4.79 Å². The first-order chi connectivity index (χ1) is 8.78. The van der Waals surface area contributed by atoms with E-state index >= 15 is 0 Å². The lowest BCUT2D eigenvalue weighted by molar-refractivity contribution is -0.173. The molecule has 0 aliphatic rings. The van der Waals surface area contributed by atoms with Crippen LogP contribution in [0.1, 0.15) is 5.82 Å². The van der Waals surface area contributed by atoms with Crippen LogP contribution in [-0.2, 0) is 23.0 Å².